The summed E-state index contributed by atoms with van der Waals surface area (Å²) in [7, 11) is 0. The Morgan fingerprint density at radius 3 is 1.89 bits per heavy atom. The van der Waals surface area contributed by atoms with Crippen molar-refractivity contribution in [1.29, 1.82) is 0 Å². The minimum Gasteiger partial charge on any atom is -0.177 e. The van der Waals surface area contributed by atoms with Crippen LogP contribution < -0.4 is 0 Å². The summed E-state index contributed by atoms with van der Waals surface area (Å²) in [6, 6.07) is 0. The lowest BCUT2D eigenvalue weighted by molar-refractivity contribution is 1.48. The van der Waals surface area contributed by atoms with Crippen LogP contribution in [0.5, 0.6) is 0 Å². The van der Waals surface area contributed by atoms with Gasteiger partial charge in [-0.05, 0) is 0 Å². The average molecular weight is 184 g/mol. The lowest BCUT2D eigenvalue weighted by atomic mass is 10.9. The van der Waals surface area contributed by atoms with Crippen molar-refractivity contribution < 1.29 is 0 Å². The molecule has 0 aliphatic carbocycles. The molecule has 0 saturated carbocycles. The summed E-state index contributed by atoms with van der Waals surface area (Å²) in [5.41, 5.74) is 0. The molecule has 0 aromatic carbocycles. The summed E-state index contributed by atoms with van der Waals surface area (Å²) in [5, 5.41) is 0. The van der Waals surface area contributed by atoms with Crippen molar-refractivity contribution in [1.82, 2.24) is 0 Å². The molecule has 1 aliphatic heterocycles. The van der Waals surface area contributed by atoms with Crippen LogP contribution in [0.1, 0.15) is 14.9 Å². The van der Waals surface area contributed by atoms with E-state index in [0.717, 1.165) is 10.3 Å². The summed E-state index contributed by atoms with van der Waals surface area (Å²) in [5.74, 6) is 3.70. The molecular weight excluding hydrogens is 168 g/mol. The quantitative estimate of drug-likeness (QED) is 0.622. The highest BCUT2D eigenvalue weighted by atomic mass is 32.2. The van der Waals surface area contributed by atoms with Crippen LogP contribution in [-0.4, -0.2) is 21.8 Å². The molecule has 1 saturated heterocycles. The summed E-state index contributed by atoms with van der Waals surface area (Å²) in [6.45, 7) is 0. The highest BCUT2D eigenvalue weighted by Crippen LogP contribution is 2.31. The summed E-state index contributed by atoms with van der Waals surface area (Å²) < 4.78 is 0.795. The summed E-state index contributed by atoms with van der Waals surface area (Å²) in [4.78, 5) is 0. The van der Waals surface area contributed by atoms with E-state index < -0.39 is 0 Å². The molecule has 0 bridgehead atoms. The second-order valence-corrected chi connectivity index (χ2v) is 4.64. The number of hydrogen-bond donors (Lipinski definition) is 1. The van der Waals surface area contributed by atoms with Crippen LogP contribution >= 0.6 is 36.2 Å². The second-order valence-electron chi connectivity index (χ2n) is 1.35. The SMILES string of the molecule is C.C.SCC1SCCS1. The standard InChI is InChI=1S/C4H8S3.2CH4/c5-3-4-6-1-2-7-4;;/h4-5H,1-3H2;2*1H4. The molecular formula is C6H16S3. The number of rotatable bonds is 1. The van der Waals surface area contributed by atoms with E-state index in [2.05, 4.69) is 12.6 Å². The van der Waals surface area contributed by atoms with Crippen molar-refractivity contribution in [3.05, 3.63) is 0 Å². The van der Waals surface area contributed by atoms with E-state index in [9.17, 15) is 0 Å². The molecule has 1 rings (SSSR count). The van der Waals surface area contributed by atoms with Gasteiger partial charge in [0.1, 0.15) is 0 Å². The molecule has 0 spiro atoms. The molecule has 58 valence electrons. The first kappa shape index (κ1) is 12.7. The van der Waals surface area contributed by atoms with E-state index in [1.807, 2.05) is 23.5 Å². The fourth-order valence-electron chi connectivity index (χ4n) is 0.513. The Kier molecular flexibility index (Phi) is 10.1. The third-order valence-electron chi connectivity index (χ3n) is 0.840. The molecule has 0 atom stereocenters. The maximum absolute atomic E-state index is 4.17. The summed E-state index contributed by atoms with van der Waals surface area (Å²) >= 11 is 8.23. The molecule has 1 aliphatic rings. The topological polar surface area (TPSA) is 0 Å². The van der Waals surface area contributed by atoms with Crippen LogP contribution in [-0.2, 0) is 0 Å². The van der Waals surface area contributed by atoms with E-state index in [0.29, 0.717) is 0 Å². The van der Waals surface area contributed by atoms with Gasteiger partial charge in [-0.2, -0.15) is 12.6 Å². The lowest BCUT2D eigenvalue weighted by Crippen LogP contribution is -1.89. The lowest BCUT2D eigenvalue weighted by Gasteiger charge is -1.98. The Morgan fingerprint density at radius 1 is 1.22 bits per heavy atom. The first-order valence-corrected chi connectivity index (χ1v) is 5.00. The van der Waals surface area contributed by atoms with Gasteiger partial charge < -0.3 is 0 Å². The van der Waals surface area contributed by atoms with Gasteiger partial charge in [0.25, 0.3) is 0 Å². The zero-order chi connectivity index (χ0) is 5.11. The highest BCUT2D eigenvalue weighted by molar-refractivity contribution is 8.20. The van der Waals surface area contributed by atoms with Crippen LogP contribution in [0.2, 0.25) is 0 Å². The normalized spacial score (nSPS) is 18.3. The monoisotopic (exact) mass is 184 g/mol. The van der Waals surface area contributed by atoms with Crippen LogP contribution in [0.25, 0.3) is 0 Å². The highest BCUT2D eigenvalue weighted by Gasteiger charge is 2.12. The third-order valence-corrected chi connectivity index (χ3v) is 4.73. The third kappa shape index (κ3) is 4.45. The molecule has 0 unspecified atom stereocenters. The van der Waals surface area contributed by atoms with Gasteiger partial charge >= 0.3 is 0 Å². The average Bonchev–Trinajstić information content (AvgIpc) is 2.14. The van der Waals surface area contributed by atoms with E-state index in [4.69, 9.17) is 0 Å². The van der Waals surface area contributed by atoms with Crippen molar-refractivity contribution in [2.75, 3.05) is 17.3 Å². The fraction of sp³-hybridized carbons (Fsp3) is 1.00. The maximum atomic E-state index is 4.17. The van der Waals surface area contributed by atoms with Gasteiger partial charge in [-0.25, -0.2) is 0 Å². The van der Waals surface area contributed by atoms with Crippen molar-refractivity contribution >= 4 is 36.2 Å². The van der Waals surface area contributed by atoms with Crippen LogP contribution in [0.3, 0.4) is 0 Å². The Balaban J connectivity index is 0. The zero-order valence-corrected chi connectivity index (χ0v) is 6.49. The van der Waals surface area contributed by atoms with Gasteiger partial charge in [0.2, 0.25) is 0 Å². The Labute approximate surface area is 73.0 Å². The van der Waals surface area contributed by atoms with E-state index in [1.165, 1.54) is 11.5 Å². The van der Waals surface area contributed by atoms with E-state index in [-0.39, 0.29) is 14.9 Å². The molecule has 0 radical (unpaired) electrons. The first-order valence-electron chi connectivity index (χ1n) is 2.27. The predicted octanol–water partition coefficient (Wildman–Crippen LogP) is 2.99. The predicted molar refractivity (Wildman–Crippen MR) is 56.0 cm³/mol. The molecule has 1 fully saturated rings. The Hall–Kier alpha value is 1.05. The molecule has 0 amide bonds. The fourth-order valence-corrected chi connectivity index (χ4v) is 3.61. The molecule has 1 heterocycles. The van der Waals surface area contributed by atoms with E-state index in [1.54, 1.807) is 0 Å². The molecule has 3 heteroatoms. The minimum atomic E-state index is 0. The number of hydrogen-bond acceptors (Lipinski definition) is 3. The smallest absolute Gasteiger partial charge is 0.0590 e. The van der Waals surface area contributed by atoms with Gasteiger partial charge in [-0.15, -0.1) is 23.5 Å². The second kappa shape index (κ2) is 7.16. The molecule has 9 heavy (non-hydrogen) atoms. The van der Waals surface area contributed by atoms with Crippen molar-refractivity contribution in [3.8, 4) is 0 Å². The first-order chi connectivity index (χ1) is 3.43. The largest absolute Gasteiger partial charge is 0.177 e. The Bertz CT molecular complexity index is 50.3. The van der Waals surface area contributed by atoms with Crippen LogP contribution in [0.4, 0.5) is 0 Å². The van der Waals surface area contributed by atoms with Crippen molar-refractivity contribution in [3.63, 3.8) is 0 Å². The van der Waals surface area contributed by atoms with E-state index >= 15 is 0 Å². The van der Waals surface area contributed by atoms with Gasteiger partial charge in [0, 0.05) is 17.3 Å². The van der Waals surface area contributed by atoms with Crippen molar-refractivity contribution in [2.45, 2.75) is 19.4 Å². The van der Waals surface area contributed by atoms with Crippen molar-refractivity contribution in [2.24, 2.45) is 0 Å². The van der Waals surface area contributed by atoms with Crippen LogP contribution in [0, 0.1) is 0 Å². The molecule has 0 aromatic rings. The molecule has 0 nitrogen and oxygen atoms in total. The number of thiol groups is 1. The van der Waals surface area contributed by atoms with Crippen LogP contribution in [0.15, 0.2) is 0 Å². The van der Waals surface area contributed by atoms with Gasteiger partial charge in [-0.3, -0.25) is 0 Å². The van der Waals surface area contributed by atoms with Gasteiger partial charge in [0.15, 0.2) is 0 Å². The minimum absolute atomic E-state index is 0. The number of thioether (sulfide) groups is 2. The Morgan fingerprint density at radius 2 is 1.67 bits per heavy atom. The van der Waals surface area contributed by atoms with Gasteiger partial charge in [-0.1, -0.05) is 14.9 Å². The summed E-state index contributed by atoms with van der Waals surface area (Å²) in [6.07, 6.45) is 0. The molecule has 0 aromatic heterocycles. The van der Waals surface area contributed by atoms with Gasteiger partial charge in [0.05, 0.1) is 4.58 Å². The molecule has 0 N–H and O–H groups in total. The zero-order valence-electron chi connectivity index (χ0n) is 3.96. The maximum Gasteiger partial charge on any atom is 0.0590 e.